The first-order valence-corrected chi connectivity index (χ1v) is 8.39. The molecule has 1 aromatic rings. The van der Waals surface area contributed by atoms with Crippen molar-refractivity contribution in [1.29, 1.82) is 0 Å². The number of piperazine rings is 1. The second kappa shape index (κ2) is 7.77. The van der Waals surface area contributed by atoms with Crippen molar-refractivity contribution in [3.05, 3.63) is 29.6 Å². The summed E-state index contributed by atoms with van der Waals surface area (Å²) in [5.41, 5.74) is 1.88. The summed E-state index contributed by atoms with van der Waals surface area (Å²) in [7, 11) is 2.11. The molecule has 0 aliphatic carbocycles. The summed E-state index contributed by atoms with van der Waals surface area (Å²) < 4.78 is 13.7. The molecular formula is C18H28FN3O. The number of carbonyl (C=O) groups excluding carboxylic acids is 1. The van der Waals surface area contributed by atoms with Crippen LogP contribution in [0.5, 0.6) is 0 Å². The molecule has 1 aliphatic heterocycles. The maximum Gasteiger partial charge on any atom is 0.220 e. The standard InChI is InChI=1S/C18H28FN3O/c1-13(2)11-18(23)20-14(3)16-12-15(19)5-6-17(16)22-9-7-21(4)8-10-22/h5-6,12-14H,7-11H2,1-4H3,(H,20,23)/t14-/m0/s1. The van der Waals surface area contributed by atoms with Crippen molar-refractivity contribution >= 4 is 11.6 Å². The SMILES string of the molecule is CC(C)CC(=O)N[C@@H](C)c1cc(F)ccc1N1CCN(C)CC1. The largest absolute Gasteiger partial charge is 0.369 e. The Morgan fingerprint density at radius 3 is 2.48 bits per heavy atom. The predicted molar refractivity (Wildman–Crippen MR) is 92.1 cm³/mol. The van der Waals surface area contributed by atoms with E-state index >= 15 is 0 Å². The number of amides is 1. The van der Waals surface area contributed by atoms with E-state index in [9.17, 15) is 9.18 Å². The number of halogens is 1. The van der Waals surface area contributed by atoms with Crippen molar-refractivity contribution in [3.8, 4) is 0 Å². The second-order valence-corrected chi connectivity index (χ2v) is 6.88. The summed E-state index contributed by atoms with van der Waals surface area (Å²) in [5, 5.41) is 3.00. The molecule has 0 unspecified atom stereocenters. The normalized spacial score (nSPS) is 17.4. The fraction of sp³-hybridized carbons (Fsp3) is 0.611. The third kappa shape index (κ3) is 4.93. The third-order valence-corrected chi connectivity index (χ3v) is 4.27. The van der Waals surface area contributed by atoms with Crippen LogP contribution in [0.2, 0.25) is 0 Å². The van der Waals surface area contributed by atoms with Crippen LogP contribution in [-0.4, -0.2) is 44.0 Å². The number of rotatable bonds is 5. The number of benzene rings is 1. The zero-order valence-corrected chi connectivity index (χ0v) is 14.6. The molecule has 0 spiro atoms. The lowest BCUT2D eigenvalue weighted by Gasteiger charge is -2.36. The second-order valence-electron chi connectivity index (χ2n) is 6.88. The van der Waals surface area contributed by atoms with E-state index in [4.69, 9.17) is 0 Å². The van der Waals surface area contributed by atoms with Gasteiger partial charge in [0, 0.05) is 43.9 Å². The number of carbonyl (C=O) groups is 1. The predicted octanol–water partition coefficient (Wildman–Crippen LogP) is 2.80. The monoisotopic (exact) mass is 321 g/mol. The zero-order chi connectivity index (χ0) is 17.0. The number of anilines is 1. The quantitative estimate of drug-likeness (QED) is 0.906. The van der Waals surface area contributed by atoms with E-state index < -0.39 is 0 Å². The minimum atomic E-state index is -0.261. The number of nitrogens with one attached hydrogen (secondary N) is 1. The molecule has 1 aromatic carbocycles. The summed E-state index contributed by atoms with van der Waals surface area (Å²) in [4.78, 5) is 16.6. The third-order valence-electron chi connectivity index (χ3n) is 4.27. The van der Waals surface area contributed by atoms with Crippen molar-refractivity contribution in [1.82, 2.24) is 10.2 Å². The Morgan fingerprint density at radius 1 is 1.22 bits per heavy atom. The summed E-state index contributed by atoms with van der Waals surface area (Å²) >= 11 is 0. The van der Waals surface area contributed by atoms with Gasteiger partial charge in [-0.3, -0.25) is 4.79 Å². The van der Waals surface area contributed by atoms with Crippen LogP contribution < -0.4 is 10.2 Å². The average Bonchev–Trinajstić information content (AvgIpc) is 2.47. The molecule has 23 heavy (non-hydrogen) atoms. The molecular weight excluding hydrogens is 293 g/mol. The molecule has 0 radical (unpaired) electrons. The molecule has 0 bridgehead atoms. The van der Waals surface area contributed by atoms with Crippen molar-refractivity contribution in [2.45, 2.75) is 33.2 Å². The van der Waals surface area contributed by atoms with E-state index in [-0.39, 0.29) is 17.8 Å². The highest BCUT2D eigenvalue weighted by molar-refractivity contribution is 5.77. The summed E-state index contributed by atoms with van der Waals surface area (Å²) in [5.74, 6) is 0.0655. The molecule has 1 saturated heterocycles. The maximum absolute atomic E-state index is 13.7. The van der Waals surface area contributed by atoms with Gasteiger partial charge in [0.15, 0.2) is 0 Å². The van der Waals surface area contributed by atoms with E-state index in [1.54, 1.807) is 6.07 Å². The summed E-state index contributed by atoms with van der Waals surface area (Å²) in [6.07, 6.45) is 0.490. The molecule has 5 heteroatoms. The van der Waals surface area contributed by atoms with Crippen molar-refractivity contribution in [2.75, 3.05) is 38.1 Å². The lowest BCUT2D eigenvalue weighted by atomic mass is 10.0. The smallest absolute Gasteiger partial charge is 0.220 e. The van der Waals surface area contributed by atoms with E-state index in [2.05, 4.69) is 22.2 Å². The van der Waals surface area contributed by atoms with E-state index in [0.717, 1.165) is 37.4 Å². The molecule has 1 heterocycles. The van der Waals surface area contributed by atoms with Gasteiger partial charge in [-0.15, -0.1) is 0 Å². The fourth-order valence-corrected chi connectivity index (χ4v) is 2.96. The van der Waals surface area contributed by atoms with Crippen LogP contribution in [0.15, 0.2) is 18.2 Å². The van der Waals surface area contributed by atoms with Gasteiger partial charge in [0.1, 0.15) is 5.82 Å². The first-order chi connectivity index (χ1) is 10.9. The van der Waals surface area contributed by atoms with E-state index in [1.165, 1.54) is 6.07 Å². The van der Waals surface area contributed by atoms with Crippen LogP contribution >= 0.6 is 0 Å². The highest BCUT2D eigenvalue weighted by atomic mass is 19.1. The van der Waals surface area contributed by atoms with Crippen molar-refractivity contribution in [2.24, 2.45) is 5.92 Å². The van der Waals surface area contributed by atoms with Crippen LogP contribution in [0.4, 0.5) is 10.1 Å². The molecule has 1 N–H and O–H groups in total. The highest BCUT2D eigenvalue weighted by Crippen LogP contribution is 2.28. The van der Waals surface area contributed by atoms with Gasteiger partial charge in [-0.05, 0) is 38.1 Å². The average molecular weight is 321 g/mol. The number of hydrogen-bond acceptors (Lipinski definition) is 3. The Bertz CT molecular complexity index is 539. The van der Waals surface area contributed by atoms with Gasteiger partial charge in [-0.25, -0.2) is 4.39 Å². The first-order valence-electron chi connectivity index (χ1n) is 8.39. The van der Waals surface area contributed by atoms with Gasteiger partial charge < -0.3 is 15.1 Å². The van der Waals surface area contributed by atoms with Gasteiger partial charge in [-0.2, -0.15) is 0 Å². The molecule has 1 aliphatic rings. The lowest BCUT2D eigenvalue weighted by Crippen LogP contribution is -2.45. The van der Waals surface area contributed by atoms with E-state index in [0.29, 0.717) is 12.3 Å². The van der Waals surface area contributed by atoms with Crippen molar-refractivity contribution in [3.63, 3.8) is 0 Å². The minimum Gasteiger partial charge on any atom is -0.369 e. The van der Waals surface area contributed by atoms with Crippen LogP contribution in [0, 0.1) is 11.7 Å². The molecule has 0 saturated carbocycles. The van der Waals surface area contributed by atoms with Crippen LogP contribution in [0.1, 0.15) is 38.8 Å². The molecule has 4 nitrogen and oxygen atoms in total. The fourth-order valence-electron chi connectivity index (χ4n) is 2.96. The van der Waals surface area contributed by atoms with Crippen LogP contribution in [0.25, 0.3) is 0 Å². The Hall–Kier alpha value is -1.62. The highest BCUT2D eigenvalue weighted by Gasteiger charge is 2.21. The summed E-state index contributed by atoms with van der Waals surface area (Å²) in [6, 6.07) is 4.68. The zero-order valence-electron chi connectivity index (χ0n) is 14.6. The minimum absolute atomic E-state index is 0.0149. The molecule has 0 aromatic heterocycles. The van der Waals surface area contributed by atoms with Gasteiger partial charge in [-0.1, -0.05) is 13.8 Å². The molecule has 2 rings (SSSR count). The van der Waals surface area contributed by atoms with Crippen LogP contribution in [-0.2, 0) is 4.79 Å². The lowest BCUT2D eigenvalue weighted by molar-refractivity contribution is -0.122. The Morgan fingerprint density at radius 2 is 1.87 bits per heavy atom. The van der Waals surface area contributed by atoms with Gasteiger partial charge in [0.2, 0.25) is 5.91 Å². The summed E-state index contributed by atoms with van der Waals surface area (Å²) in [6.45, 7) is 9.77. The van der Waals surface area contributed by atoms with Crippen molar-refractivity contribution < 1.29 is 9.18 Å². The Labute approximate surface area is 138 Å². The molecule has 1 amide bonds. The maximum atomic E-state index is 13.7. The Kier molecular flexibility index (Phi) is 5.99. The number of likely N-dealkylation sites (N-methyl/N-ethyl adjacent to an activating group) is 1. The molecule has 128 valence electrons. The number of nitrogens with zero attached hydrogens (tertiary/aromatic N) is 2. The van der Waals surface area contributed by atoms with Gasteiger partial charge in [0.05, 0.1) is 6.04 Å². The molecule has 1 atom stereocenters. The Balaban J connectivity index is 2.16. The van der Waals surface area contributed by atoms with Crippen LogP contribution in [0.3, 0.4) is 0 Å². The number of hydrogen-bond donors (Lipinski definition) is 1. The topological polar surface area (TPSA) is 35.6 Å². The first kappa shape index (κ1) is 17.7. The van der Waals surface area contributed by atoms with E-state index in [1.807, 2.05) is 26.8 Å². The van der Waals surface area contributed by atoms with Gasteiger partial charge in [0.25, 0.3) is 0 Å². The molecule has 1 fully saturated rings. The van der Waals surface area contributed by atoms with Gasteiger partial charge >= 0.3 is 0 Å².